The fourth-order valence-electron chi connectivity index (χ4n) is 2.73. The number of nitrogens with one attached hydrogen (secondary N) is 1. The number of ether oxygens (including phenoxy) is 3. The van der Waals surface area contributed by atoms with E-state index >= 15 is 0 Å². The molecule has 6 nitrogen and oxygen atoms in total. The van der Waals surface area contributed by atoms with Crippen molar-refractivity contribution in [3.8, 4) is 11.5 Å². The van der Waals surface area contributed by atoms with E-state index in [0.717, 1.165) is 24.8 Å². The molecule has 1 aliphatic carbocycles. The Morgan fingerprint density at radius 1 is 1.24 bits per heavy atom. The van der Waals surface area contributed by atoms with E-state index < -0.39 is 6.09 Å². The maximum Gasteiger partial charge on any atom is 0.407 e. The third kappa shape index (κ3) is 5.53. The minimum Gasteiger partial charge on any atom is -0.508 e. The quantitative estimate of drug-likeness (QED) is 0.700. The highest BCUT2D eigenvalue weighted by Crippen LogP contribution is 2.52. The highest BCUT2D eigenvalue weighted by molar-refractivity contribution is 5.68. The number of phenolic OH excluding ortho intramolecular Hbond substituents is 1. The Balaban J connectivity index is 1.85. The molecule has 1 fully saturated rings. The Kier molecular flexibility index (Phi) is 6.16. The molecule has 25 heavy (non-hydrogen) atoms. The van der Waals surface area contributed by atoms with E-state index in [4.69, 9.17) is 14.2 Å². The van der Waals surface area contributed by atoms with Gasteiger partial charge in [-0.15, -0.1) is 0 Å². The predicted molar refractivity (Wildman–Crippen MR) is 94.8 cm³/mol. The third-order valence-corrected chi connectivity index (χ3v) is 4.51. The molecule has 140 valence electrons. The van der Waals surface area contributed by atoms with Gasteiger partial charge in [0.2, 0.25) is 0 Å². The minimum atomic E-state index is -0.432. The number of hydrogen-bond donors (Lipinski definition) is 2. The van der Waals surface area contributed by atoms with Gasteiger partial charge in [0.15, 0.2) is 0 Å². The molecule has 0 bridgehead atoms. The summed E-state index contributed by atoms with van der Waals surface area (Å²) in [6, 6.07) is 4.94. The van der Waals surface area contributed by atoms with Gasteiger partial charge in [0.05, 0.1) is 6.61 Å². The van der Waals surface area contributed by atoms with Crippen LogP contribution in [-0.2, 0) is 16.0 Å². The second kappa shape index (κ2) is 7.95. The lowest BCUT2D eigenvalue weighted by atomic mass is 9.86. The molecular weight excluding hydrogens is 322 g/mol. The van der Waals surface area contributed by atoms with E-state index in [-0.39, 0.29) is 23.3 Å². The van der Waals surface area contributed by atoms with Crippen LogP contribution in [0.4, 0.5) is 4.79 Å². The first-order chi connectivity index (χ1) is 11.8. The van der Waals surface area contributed by atoms with Gasteiger partial charge in [0, 0.05) is 38.2 Å². The Bertz CT molecular complexity index is 590. The minimum absolute atomic E-state index is 0.0709. The zero-order valence-electron chi connectivity index (χ0n) is 15.6. The van der Waals surface area contributed by atoms with Crippen LogP contribution in [0.15, 0.2) is 18.2 Å². The summed E-state index contributed by atoms with van der Waals surface area (Å²) in [5, 5.41) is 12.6. The number of benzene rings is 1. The van der Waals surface area contributed by atoms with E-state index in [9.17, 15) is 9.90 Å². The topological polar surface area (TPSA) is 77.0 Å². The number of alkyl carbamates (subject to hydrolysis) is 1. The number of methoxy groups -OCH3 is 1. The average molecular weight is 351 g/mol. The lowest BCUT2D eigenvalue weighted by Gasteiger charge is -2.30. The lowest BCUT2D eigenvalue weighted by molar-refractivity contribution is 0.0107. The first kappa shape index (κ1) is 19.4. The van der Waals surface area contributed by atoms with Gasteiger partial charge < -0.3 is 24.6 Å². The number of carbonyl (C=O) groups excluding carboxylic acids is 1. The molecule has 0 atom stereocenters. The molecule has 1 saturated carbocycles. The molecule has 0 aliphatic heterocycles. The van der Waals surface area contributed by atoms with E-state index in [2.05, 4.69) is 26.1 Å². The van der Waals surface area contributed by atoms with Crippen molar-refractivity contribution in [2.24, 2.45) is 5.41 Å². The van der Waals surface area contributed by atoms with Crippen molar-refractivity contribution in [3.63, 3.8) is 0 Å². The van der Waals surface area contributed by atoms with Crippen LogP contribution >= 0.6 is 0 Å². The fraction of sp³-hybridized carbons (Fsp3) is 0.632. The SMILES string of the molecule is COCCCOc1cc(O)cc(CNC(=O)OC2(C(C)(C)C)CC2)c1. The van der Waals surface area contributed by atoms with Gasteiger partial charge >= 0.3 is 6.09 Å². The van der Waals surface area contributed by atoms with Crippen molar-refractivity contribution in [2.45, 2.75) is 52.2 Å². The molecule has 1 aliphatic rings. The summed E-state index contributed by atoms with van der Waals surface area (Å²) in [5.41, 5.74) is 0.323. The van der Waals surface area contributed by atoms with Crippen molar-refractivity contribution in [1.82, 2.24) is 5.32 Å². The Morgan fingerprint density at radius 2 is 1.96 bits per heavy atom. The van der Waals surface area contributed by atoms with Crippen LogP contribution < -0.4 is 10.1 Å². The van der Waals surface area contributed by atoms with Crippen LogP contribution in [0.1, 0.15) is 45.6 Å². The monoisotopic (exact) mass is 351 g/mol. The standard InChI is InChI=1S/C19H29NO5/c1-18(2,3)19(6-7-19)25-17(22)20-13-14-10-15(21)12-16(11-14)24-9-5-8-23-4/h10-12,21H,5-9,13H2,1-4H3,(H,20,22). The van der Waals surface area contributed by atoms with Gasteiger partial charge in [-0.2, -0.15) is 0 Å². The van der Waals surface area contributed by atoms with Gasteiger partial charge in [-0.3, -0.25) is 0 Å². The van der Waals surface area contributed by atoms with Gasteiger partial charge in [-0.1, -0.05) is 20.8 Å². The van der Waals surface area contributed by atoms with E-state index in [1.807, 2.05) is 0 Å². The Labute approximate surface area is 149 Å². The van der Waals surface area contributed by atoms with Crippen LogP contribution in [0.5, 0.6) is 11.5 Å². The van der Waals surface area contributed by atoms with Gasteiger partial charge in [-0.05, 0) is 30.5 Å². The van der Waals surface area contributed by atoms with E-state index in [0.29, 0.717) is 19.0 Å². The number of hydrogen-bond acceptors (Lipinski definition) is 5. The zero-order chi connectivity index (χ0) is 18.5. The molecule has 0 saturated heterocycles. The highest BCUT2D eigenvalue weighted by Gasteiger charge is 2.55. The molecule has 1 aromatic rings. The molecule has 1 amide bonds. The molecule has 6 heteroatoms. The molecule has 0 unspecified atom stereocenters. The van der Waals surface area contributed by atoms with Crippen molar-refractivity contribution in [1.29, 1.82) is 0 Å². The molecule has 0 spiro atoms. The molecular formula is C19H29NO5. The first-order valence-corrected chi connectivity index (χ1v) is 8.67. The maximum atomic E-state index is 12.1. The maximum absolute atomic E-state index is 12.1. The van der Waals surface area contributed by atoms with Crippen LogP contribution in [0.2, 0.25) is 0 Å². The van der Waals surface area contributed by atoms with Crippen LogP contribution in [0, 0.1) is 5.41 Å². The summed E-state index contributed by atoms with van der Waals surface area (Å²) in [7, 11) is 1.64. The molecule has 0 heterocycles. The molecule has 0 aromatic heterocycles. The number of rotatable bonds is 8. The Morgan fingerprint density at radius 3 is 2.56 bits per heavy atom. The second-order valence-corrected chi connectivity index (χ2v) is 7.52. The van der Waals surface area contributed by atoms with Crippen molar-refractivity contribution in [3.05, 3.63) is 23.8 Å². The summed E-state index contributed by atoms with van der Waals surface area (Å²) in [6.07, 6.45) is 2.13. The number of phenols is 1. The normalized spacial score (nSPS) is 15.5. The zero-order valence-corrected chi connectivity index (χ0v) is 15.6. The molecule has 1 aromatic carbocycles. The summed E-state index contributed by atoms with van der Waals surface area (Å²) >= 11 is 0. The fourth-order valence-corrected chi connectivity index (χ4v) is 2.73. The molecule has 2 rings (SSSR count). The van der Waals surface area contributed by atoms with Gasteiger partial charge in [0.25, 0.3) is 0 Å². The number of aromatic hydroxyl groups is 1. The predicted octanol–water partition coefficient (Wildman–Crippen LogP) is 3.61. The van der Waals surface area contributed by atoms with E-state index in [1.54, 1.807) is 25.3 Å². The molecule has 0 radical (unpaired) electrons. The second-order valence-electron chi connectivity index (χ2n) is 7.52. The molecule has 2 N–H and O–H groups in total. The van der Waals surface area contributed by atoms with Gasteiger partial charge in [-0.25, -0.2) is 4.79 Å². The number of amides is 1. The number of carbonyl (C=O) groups is 1. The van der Waals surface area contributed by atoms with Gasteiger partial charge in [0.1, 0.15) is 17.1 Å². The van der Waals surface area contributed by atoms with E-state index in [1.165, 1.54) is 0 Å². The Hall–Kier alpha value is -1.95. The first-order valence-electron chi connectivity index (χ1n) is 8.67. The summed E-state index contributed by atoms with van der Waals surface area (Å²) in [6.45, 7) is 7.62. The average Bonchev–Trinajstić information content (AvgIpc) is 3.30. The summed E-state index contributed by atoms with van der Waals surface area (Å²) in [4.78, 5) is 12.1. The van der Waals surface area contributed by atoms with Crippen LogP contribution in [-0.4, -0.2) is 37.1 Å². The van der Waals surface area contributed by atoms with Crippen LogP contribution in [0.3, 0.4) is 0 Å². The highest BCUT2D eigenvalue weighted by atomic mass is 16.6. The van der Waals surface area contributed by atoms with Crippen LogP contribution in [0.25, 0.3) is 0 Å². The smallest absolute Gasteiger partial charge is 0.407 e. The van der Waals surface area contributed by atoms with Crippen molar-refractivity contribution >= 4 is 6.09 Å². The summed E-state index contributed by atoms with van der Waals surface area (Å²) in [5.74, 6) is 0.664. The summed E-state index contributed by atoms with van der Waals surface area (Å²) < 4.78 is 16.2. The van der Waals surface area contributed by atoms with Crippen molar-refractivity contribution < 1.29 is 24.1 Å². The third-order valence-electron chi connectivity index (χ3n) is 4.51. The lowest BCUT2D eigenvalue weighted by Crippen LogP contribution is -2.37. The van der Waals surface area contributed by atoms with Crippen molar-refractivity contribution in [2.75, 3.05) is 20.3 Å². The largest absolute Gasteiger partial charge is 0.508 e.